The molecule has 0 aliphatic carbocycles. The first-order valence-electron chi connectivity index (χ1n) is 8.17. The number of carbonyl (C=O) groups excluding carboxylic acids is 1. The number of nitrogens with zero attached hydrogens (tertiary/aromatic N) is 1. The minimum Gasteiger partial charge on any atom is -0.322 e. The smallest absolute Gasteiger partial charge is 0.238 e. The van der Waals surface area contributed by atoms with Crippen LogP contribution in [0.1, 0.15) is 16.7 Å². The molecule has 1 aliphatic rings. The van der Waals surface area contributed by atoms with E-state index in [1.54, 1.807) is 6.07 Å². The fourth-order valence-corrected chi connectivity index (χ4v) is 3.02. The van der Waals surface area contributed by atoms with Crippen LogP contribution in [0.4, 0.5) is 10.1 Å². The third kappa shape index (κ3) is 5.68. The third-order valence-corrected chi connectivity index (χ3v) is 4.19. The van der Waals surface area contributed by atoms with Gasteiger partial charge in [0.25, 0.3) is 0 Å². The Balaban J connectivity index is 0.00000169. The van der Waals surface area contributed by atoms with Crippen molar-refractivity contribution in [3.63, 3.8) is 0 Å². The number of anilines is 1. The highest BCUT2D eigenvalue weighted by Crippen LogP contribution is 2.24. The summed E-state index contributed by atoms with van der Waals surface area (Å²) >= 11 is 0. The van der Waals surface area contributed by atoms with Gasteiger partial charge in [-0.05, 0) is 42.8 Å². The van der Waals surface area contributed by atoms with Gasteiger partial charge in [0, 0.05) is 13.1 Å². The molecule has 26 heavy (non-hydrogen) atoms. The molecule has 0 bridgehead atoms. The van der Waals surface area contributed by atoms with Gasteiger partial charge in [0.05, 0.1) is 12.2 Å². The monoisotopic (exact) mass is 399 g/mol. The summed E-state index contributed by atoms with van der Waals surface area (Å²) in [6, 6.07) is 13.5. The Morgan fingerprint density at radius 2 is 1.92 bits per heavy atom. The van der Waals surface area contributed by atoms with E-state index in [1.807, 2.05) is 48.3 Å². The minimum atomic E-state index is -0.298. The van der Waals surface area contributed by atoms with Crippen LogP contribution in [-0.2, 0) is 24.3 Å². The molecule has 0 atom stereocenters. The van der Waals surface area contributed by atoms with Crippen molar-refractivity contribution >= 4 is 36.4 Å². The van der Waals surface area contributed by atoms with Gasteiger partial charge in [0.2, 0.25) is 5.91 Å². The van der Waals surface area contributed by atoms with Crippen molar-refractivity contribution in [3.05, 3.63) is 65.0 Å². The van der Waals surface area contributed by atoms with Crippen LogP contribution in [0.25, 0.3) is 0 Å². The average Bonchev–Trinajstić information content (AvgIpc) is 2.58. The van der Waals surface area contributed by atoms with Gasteiger partial charge in [-0.3, -0.25) is 9.69 Å². The summed E-state index contributed by atoms with van der Waals surface area (Å²) in [5.41, 5.74) is 3.09. The Morgan fingerprint density at radius 3 is 2.65 bits per heavy atom. The maximum absolute atomic E-state index is 14.5. The van der Waals surface area contributed by atoms with Crippen molar-refractivity contribution in [2.45, 2.75) is 19.5 Å². The average molecular weight is 400 g/mol. The Kier molecular flexibility index (Phi) is 9.02. The van der Waals surface area contributed by atoms with Crippen LogP contribution in [0.5, 0.6) is 0 Å². The molecule has 0 saturated heterocycles. The van der Waals surface area contributed by atoms with E-state index in [-0.39, 0.29) is 48.8 Å². The molecule has 142 valence electrons. The number of hydrogen-bond acceptors (Lipinski definition) is 3. The molecule has 2 aromatic rings. The van der Waals surface area contributed by atoms with Crippen LogP contribution in [0.2, 0.25) is 0 Å². The Labute approximate surface area is 166 Å². The molecule has 0 radical (unpaired) electrons. The lowest BCUT2D eigenvalue weighted by Crippen LogP contribution is -2.30. The van der Waals surface area contributed by atoms with Crippen LogP contribution in [0, 0.1) is 5.82 Å². The second kappa shape index (κ2) is 10.5. The Hall–Kier alpha value is -1.66. The molecule has 3 rings (SSSR count). The first kappa shape index (κ1) is 22.4. The first-order chi connectivity index (χ1) is 11.6. The van der Waals surface area contributed by atoms with Crippen molar-refractivity contribution in [2.24, 2.45) is 0 Å². The van der Waals surface area contributed by atoms with E-state index >= 15 is 0 Å². The lowest BCUT2D eigenvalue weighted by atomic mass is 9.99. The standard InChI is InChI=1S/C19H22FN3O.2ClH/c1-23(12-14-5-3-2-4-6-14)13-18(24)22-17-8-7-15-11-21-10-9-16(15)19(17)20;;/h2-8,21H,9-13H2,1H3,(H,22,24);2*1H. The molecule has 0 spiro atoms. The summed E-state index contributed by atoms with van der Waals surface area (Å²) in [6.07, 6.45) is 0.652. The molecule has 0 aromatic heterocycles. The highest BCUT2D eigenvalue weighted by molar-refractivity contribution is 5.92. The summed E-state index contributed by atoms with van der Waals surface area (Å²) in [5.74, 6) is -0.505. The quantitative estimate of drug-likeness (QED) is 0.809. The summed E-state index contributed by atoms with van der Waals surface area (Å²) < 4.78 is 14.5. The zero-order valence-electron chi connectivity index (χ0n) is 14.6. The fraction of sp³-hybridized carbons (Fsp3) is 0.316. The van der Waals surface area contributed by atoms with E-state index in [0.717, 1.165) is 17.7 Å². The molecular formula is C19H24Cl2FN3O. The molecule has 7 heteroatoms. The van der Waals surface area contributed by atoms with Gasteiger partial charge in [0.15, 0.2) is 0 Å². The summed E-state index contributed by atoms with van der Waals surface area (Å²) in [7, 11) is 1.88. The maximum atomic E-state index is 14.5. The van der Waals surface area contributed by atoms with E-state index in [2.05, 4.69) is 10.6 Å². The number of hydrogen-bond donors (Lipinski definition) is 2. The van der Waals surface area contributed by atoms with Crippen LogP contribution in [0.3, 0.4) is 0 Å². The van der Waals surface area contributed by atoms with Gasteiger partial charge in [-0.15, -0.1) is 24.8 Å². The number of halogens is 3. The summed E-state index contributed by atoms with van der Waals surface area (Å²) in [5, 5.41) is 5.92. The van der Waals surface area contributed by atoms with Gasteiger partial charge in [-0.2, -0.15) is 0 Å². The van der Waals surface area contributed by atoms with E-state index < -0.39 is 0 Å². The number of rotatable bonds is 5. The molecule has 1 aliphatic heterocycles. The van der Waals surface area contributed by atoms with Gasteiger partial charge in [0.1, 0.15) is 5.82 Å². The van der Waals surface area contributed by atoms with Crippen molar-refractivity contribution in [3.8, 4) is 0 Å². The number of likely N-dealkylation sites (N-methyl/N-ethyl adjacent to an activating group) is 1. The lowest BCUT2D eigenvalue weighted by Gasteiger charge is -2.20. The molecule has 0 fully saturated rings. The van der Waals surface area contributed by atoms with Crippen molar-refractivity contribution in [1.29, 1.82) is 0 Å². The molecule has 0 unspecified atom stereocenters. The van der Waals surface area contributed by atoms with Crippen LogP contribution >= 0.6 is 24.8 Å². The second-order valence-electron chi connectivity index (χ2n) is 6.20. The fourth-order valence-electron chi connectivity index (χ4n) is 3.02. The summed E-state index contributed by atoms with van der Waals surface area (Å²) in [4.78, 5) is 14.1. The number of fused-ring (bicyclic) bond motifs is 1. The molecule has 1 amide bonds. The number of amides is 1. The van der Waals surface area contributed by atoms with Gasteiger partial charge in [-0.25, -0.2) is 4.39 Å². The first-order valence-corrected chi connectivity index (χ1v) is 8.17. The van der Waals surface area contributed by atoms with Crippen molar-refractivity contribution < 1.29 is 9.18 Å². The third-order valence-electron chi connectivity index (χ3n) is 4.19. The molecule has 1 heterocycles. The molecule has 4 nitrogen and oxygen atoms in total. The lowest BCUT2D eigenvalue weighted by molar-refractivity contribution is -0.117. The summed E-state index contributed by atoms with van der Waals surface area (Å²) in [6.45, 7) is 2.33. The van der Waals surface area contributed by atoms with E-state index in [0.29, 0.717) is 25.1 Å². The zero-order valence-corrected chi connectivity index (χ0v) is 16.3. The minimum absolute atomic E-state index is 0. The van der Waals surface area contributed by atoms with Crippen LogP contribution in [0.15, 0.2) is 42.5 Å². The van der Waals surface area contributed by atoms with Crippen LogP contribution < -0.4 is 10.6 Å². The molecule has 2 aromatic carbocycles. The Morgan fingerprint density at radius 1 is 1.19 bits per heavy atom. The number of carbonyl (C=O) groups is 1. The highest BCUT2D eigenvalue weighted by atomic mass is 35.5. The SMILES string of the molecule is CN(CC(=O)Nc1ccc2c(c1F)CCNC2)Cc1ccccc1.Cl.Cl. The van der Waals surface area contributed by atoms with Gasteiger partial charge < -0.3 is 10.6 Å². The second-order valence-corrected chi connectivity index (χ2v) is 6.20. The number of nitrogens with one attached hydrogen (secondary N) is 2. The Bertz CT molecular complexity index is 728. The number of benzene rings is 2. The highest BCUT2D eigenvalue weighted by Gasteiger charge is 2.18. The van der Waals surface area contributed by atoms with Gasteiger partial charge >= 0.3 is 0 Å². The van der Waals surface area contributed by atoms with E-state index in [4.69, 9.17) is 0 Å². The van der Waals surface area contributed by atoms with Crippen molar-refractivity contribution in [2.75, 3.05) is 25.5 Å². The topological polar surface area (TPSA) is 44.4 Å². The van der Waals surface area contributed by atoms with Crippen molar-refractivity contribution in [1.82, 2.24) is 10.2 Å². The molecule has 0 saturated carbocycles. The maximum Gasteiger partial charge on any atom is 0.238 e. The molecule has 2 N–H and O–H groups in total. The van der Waals surface area contributed by atoms with Crippen LogP contribution in [-0.4, -0.2) is 30.9 Å². The predicted molar refractivity (Wildman–Crippen MR) is 108 cm³/mol. The predicted octanol–water partition coefficient (Wildman–Crippen LogP) is 3.39. The zero-order chi connectivity index (χ0) is 16.9. The normalized spacial score (nSPS) is 12.6. The van der Waals surface area contributed by atoms with Gasteiger partial charge in [-0.1, -0.05) is 36.4 Å². The molecular weight excluding hydrogens is 376 g/mol. The van der Waals surface area contributed by atoms with E-state index in [1.165, 1.54) is 0 Å². The largest absolute Gasteiger partial charge is 0.322 e. The van der Waals surface area contributed by atoms with E-state index in [9.17, 15) is 9.18 Å².